The molecule has 0 spiro atoms. The van der Waals surface area contributed by atoms with Gasteiger partial charge in [-0.25, -0.2) is 18.4 Å². The number of oxime groups is 1. The topological polar surface area (TPSA) is 140 Å². The molecule has 10 nitrogen and oxygen atoms in total. The number of aliphatic hydroxyl groups is 1. The molecule has 2 heterocycles. The molecule has 1 saturated carbocycles. The summed E-state index contributed by atoms with van der Waals surface area (Å²) < 4.78 is 30.0. The van der Waals surface area contributed by atoms with Gasteiger partial charge in [-0.05, 0) is 43.5 Å². The second-order valence-electron chi connectivity index (χ2n) is 8.12. The Hall–Kier alpha value is -2.93. The van der Waals surface area contributed by atoms with Gasteiger partial charge in [-0.1, -0.05) is 28.6 Å². The molecule has 0 saturated heterocycles. The van der Waals surface area contributed by atoms with Crippen molar-refractivity contribution in [2.45, 2.75) is 42.8 Å². The zero-order valence-electron chi connectivity index (χ0n) is 19.1. The van der Waals surface area contributed by atoms with Gasteiger partial charge in [-0.15, -0.1) is 0 Å². The molecule has 1 aromatic carbocycles. The van der Waals surface area contributed by atoms with Crippen LogP contribution in [0.25, 0.3) is 10.3 Å². The van der Waals surface area contributed by atoms with Crippen molar-refractivity contribution in [2.75, 3.05) is 24.8 Å². The van der Waals surface area contributed by atoms with E-state index in [1.165, 1.54) is 42.7 Å². The molecule has 1 amide bonds. The van der Waals surface area contributed by atoms with Gasteiger partial charge in [0.15, 0.2) is 20.7 Å². The van der Waals surface area contributed by atoms with E-state index in [0.29, 0.717) is 53.3 Å². The van der Waals surface area contributed by atoms with Crippen LogP contribution in [0.15, 0.2) is 52.6 Å². The molecule has 1 aliphatic carbocycles. The number of fused-ring (bicyclic) bond motifs is 1. The van der Waals surface area contributed by atoms with E-state index in [-0.39, 0.29) is 22.5 Å². The molecule has 0 bridgehead atoms. The third kappa shape index (κ3) is 6.40. The molecule has 12 heteroatoms. The van der Waals surface area contributed by atoms with E-state index in [9.17, 15) is 18.3 Å². The van der Waals surface area contributed by atoms with E-state index in [4.69, 9.17) is 9.57 Å². The average molecular weight is 519 g/mol. The molecule has 3 aromatic rings. The maximum absolute atomic E-state index is 13.2. The Labute approximate surface area is 206 Å². The van der Waals surface area contributed by atoms with E-state index in [1.54, 1.807) is 18.3 Å². The summed E-state index contributed by atoms with van der Waals surface area (Å²) in [6.45, 7) is 0.350. The van der Waals surface area contributed by atoms with Crippen LogP contribution in [0.4, 0.5) is 5.13 Å². The number of methoxy groups -OCH3 is 1. The molecule has 4 rings (SSSR count). The number of carbonyl (C=O) groups is 1. The molecule has 2 N–H and O–H groups in total. The number of nitrogens with one attached hydrogen (secondary N) is 1. The first-order chi connectivity index (χ1) is 16.9. The maximum Gasteiger partial charge on any atom is 0.280 e. The number of sulfone groups is 1. The minimum Gasteiger partial charge on any atom is -0.393 e. The number of benzene rings is 1. The summed E-state index contributed by atoms with van der Waals surface area (Å²) in [5.74, 6) is -0.598. The Balaban J connectivity index is 1.56. The number of ether oxygens (including phenoxy) is 1. The quantitative estimate of drug-likeness (QED) is 0.237. The summed E-state index contributed by atoms with van der Waals surface area (Å²) in [5, 5.41) is 16.9. The monoisotopic (exact) mass is 518 g/mol. The van der Waals surface area contributed by atoms with Crippen LogP contribution in [0.3, 0.4) is 0 Å². The standard InChI is InChI=1S/C23H26N4O6S2/c1-32-12-3-13-35(30,31)18-9-5-15(6-10-18)20(27-33-17-8-7-16(28)14-17)21(29)26-23-25-19-4-2-11-24-22(19)34-23/h2,4-6,9-11,16-17,28H,3,7-8,12-14H2,1H3,(H,25,26,29)/t16-,17-/m1/s1. The summed E-state index contributed by atoms with van der Waals surface area (Å²) in [4.78, 5) is 28.2. The van der Waals surface area contributed by atoms with Crippen molar-refractivity contribution in [3.8, 4) is 0 Å². The number of rotatable bonds is 10. The van der Waals surface area contributed by atoms with Crippen molar-refractivity contribution in [3.63, 3.8) is 0 Å². The van der Waals surface area contributed by atoms with E-state index < -0.39 is 21.8 Å². The fraction of sp³-hybridized carbons (Fsp3) is 0.391. The fourth-order valence-corrected chi connectivity index (χ4v) is 5.76. The van der Waals surface area contributed by atoms with E-state index in [1.807, 2.05) is 0 Å². The van der Waals surface area contributed by atoms with Crippen LogP contribution in [0.1, 0.15) is 31.2 Å². The largest absolute Gasteiger partial charge is 0.393 e. The molecule has 1 fully saturated rings. The highest BCUT2D eigenvalue weighted by Gasteiger charge is 2.26. The number of thiazole rings is 1. The Morgan fingerprint density at radius 2 is 2.06 bits per heavy atom. The number of nitrogens with zero attached hydrogens (tertiary/aromatic N) is 3. The fourth-order valence-electron chi connectivity index (χ4n) is 3.68. The van der Waals surface area contributed by atoms with Gasteiger partial charge < -0.3 is 14.7 Å². The van der Waals surface area contributed by atoms with Crippen LogP contribution in [-0.2, 0) is 24.2 Å². The Morgan fingerprint density at radius 3 is 2.74 bits per heavy atom. The molecule has 1 aliphatic rings. The highest BCUT2D eigenvalue weighted by molar-refractivity contribution is 7.91. The lowest BCUT2D eigenvalue weighted by atomic mass is 10.1. The van der Waals surface area contributed by atoms with Gasteiger partial charge in [0.1, 0.15) is 16.5 Å². The predicted molar refractivity (Wildman–Crippen MR) is 132 cm³/mol. The molecule has 0 aliphatic heterocycles. The predicted octanol–water partition coefficient (Wildman–Crippen LogP) is 2.77. The maximum atomic E-state index is 13.2. The third-order valence-corrected chi connectivity index (χ3v) is 8.21. The van der Waals surface area contributed by atoms with Crippen molar-refractivity contribution < 1.29 is 27.9 Å². The number of amides is 1. The van der Waals surface area contributed by atoms with Crippen LogP contribution >= 0.6 is 11.3 Å². The van der Waals surface area contributed by atoms with Crippen LogP contribution in [0.2, 0.25) is 0 Å². The average Bonchev–Trinajstić information content (AvgIpc) is 3.44. The first-order valence-electron chi connectivity index (χ1n) is 11.1. The zero-order chi connectivity index (χ0) is 24.8. The molecule has 2 atom stereocenters. The molecular formula is C23H26N4O6S2. The highest BCUT2D eigenvalue weighted by Crippen LogP contribution is 2.25. The van der Waals surface area contributed by atoms with Gasteiger partial charge in [0.25, 0.3) is 5.91 Å². The number of pyridine rings is 1. The highest BCUT2D eigenvalue weighted by atomic mass is 32.2. The van der Waals surface area contributed by atoms with Gasteiger partial charge in [-0.3, -0.25) is 10.1 Å². The lowest BCUT2D eigenvalue weighted by Crippen LogP contribution is -2.25. The Kier molecular flexibility index (Phi) is 8.06. The van der Waals surface area contributed by atoms with E-state index in [2.05, 4.69) is 20.4 Å². The van der Waals surface area contributed by atoms with E-state index >= 15 is 0 Å². The second-order valence-corrected chi connectivity index (χ2v) is 11.2. The first kappa shape index (κ1) is 25.2. The number of hydrogen-bond acceptors (Lipinski definition) is 10. The minimum atomic E-state index is -3.48. The van der Waals surface area contributed by atoms with Crippen LogP contribution in [-0.4, -0.2) is 66.8 Å². The van der Waals surface area contributed by atoms with Crippen LogP contribution in [0, 0.1) is 0 Å². The summed E-state index contributed by atoms with van der Waals surface area (Å²) >= 11 is 1.22. The summed E-state index contributed by atoms with van der Waals surface area (Å²) in [5.41, 5.74) is 1.02. The lowest BCUT2D eigenvalue weighted by Gasteiger charge is -2.11. The molecular weight excluding hydrogens is 492 g/mol. The molecule has 0 unspecified atom stereocenters. The van der Waals surface area contributed by atoms with Crippen LogP contribution in [0.5, 0.6) is 0 Å². The summed E-state index contributed by atoms with van der Waals surface area (Å²) in [7, 11) is -1.96. The third-order valence-electron chi connectivity index (χ3n) is 5.50. The number of carbonyl (C=O) groups excluding carboxylic acids is 1. The number of anilines is 1. The van der Waals surface area contributed by atoms with Gasteiger partial charge >= 0.3 is 0 Å². The molecule has 2 aromatic heterocycles. The van der Waals surface area contributed by atoms with Crippen molar-refractivity contribution in [2.24, 2.45) is 5.16 Å². The number of aromatic nitrogens is 2. The van der Waals surface area contributed by atoms with Crippen molar-refractivity contribution in [3.05, 3.63) is 48.2 Å². The Bertz CT molecular complexity index is 1270. The van der Waals surface area contributed by atoms with Crippen LogP contribution < -0.4 is 5.32 Å². The van der Waals surface area contributed by atoms with Gasteiger partial charge in [0, 0.05) is 31.9 Å². The smallest absolute Gasteiger partial charge is 0.280 e. The molecule has 35 heavy (non-hydrogen) atoms. The summed E-state index contributed by atoms with van der Waals surface area (Å²) in [6, 6.07) is 9.49. The first-order valence-corrected chi connectivity index (χ1v) is 13.6. The van der Waals surface area contributed by atoms with Gasteiger partial charge in [-0.2, -0.15) is 0 Å². The minimum absolute atomic E-state index is 0.0260. The zero-order valence-corrected chi connectivity index (χ0v) is 20.7. The SMILES string of the molecule is COCCCS(=O)(=O)c1ccc(C(=NO[C@@H]2CC[C@@H](O)C2)C(=O)Nc2nc3cccnc3s2)cc1. The molecule has 0 radical (unpaired) electrons. The van der Waals surface area contributed by atoms with Gasteiger partial charge in [0.05, 0.1) is 16.8 Å². The van der Waals surface area contributed by atoms with Crippen molar-refractivity contribution >= 4 is 48.3 Å². The molecule has 186 valence electrons. The van der Waals surface area contributed by atoms with Crippen molar-refractivity contribution in [1.29, 1.82) is 0 Å². The number of hydrogen-bond donors (Lipinski definition) is 2. The normalized spacial score (nSPS) is 18.6. The Morgan fingerprint density at radius 1 is 1.26 bits per heavy atom. The van der Waals surface area contributed by atoms with Crippen molar-refractivity contribution in [1.82, 2.24) is 9.97 Å². The lowest BCUT2D eigenvalue weighted by molar-refractivity contribution is -0.110. The number of aliphatic hydroxyl groups excluding tert-OH is 1. The second kappa shape index (κ2) is 11.2. The van der Waals surface area contributed by atoms with E-state index in [0.717, 1.165) is 0 Å². The van der Waals surface area contributed by atoms with Gasteiger partial charge in [0.2, 0.25) is 0 Å². The summed E-state index contributed by atoms with van der Waals surface area (Å²) in [6.07, 6.45) is 2.94.